The Morgan fingerprint density at radius 3 is 2.17 bits per heavy atom. The lowest BCUT2D eigenvalue weighted by atomic mass is 9.56. The van der Waals surface area contributed by atoms with Crippen molar-refractivity contribution in [3.05, 3.63) is 0 Å². The molecule has 0 radical (unpaired) electrons. The summed E-state index contributed by atoms with van der Waals surface area (Å²) in [6.45, 7) is 5.07. The summed E-state index contributed by atoms with van der Waals surface area (Å²) in [5, 5.41) is 11.2. The molecule has 2 aliphatic carbocycles. The zero-order chi connectivity index (χ0) is 13.2. The van der Waals surface area contributed by atoms with Gasteiger partial charge in [0.1, 0.15) is 0 Å². The molecule has 18 heavy (non-hydrogen) atoms. The van der Waals surface area contributed by atoms with Crippen molar-refractivity contribution in [3.8, 4) is 0 Å². The average Bonchev–Trinajstić information content (AvgIpc) is 2.41. The van der Waals surface area contributed by atoms with E-state index in [0.717, 1.165) is 18.8 Å². The van der Waals surface area contributed by atoms with Gasteiger partial charge in [-0.2, -0.15) is 0 Å². The molecule has 2 rings (SSSR count). The summed E-state index contributed by atoms with van der Waals surface area (Å²) in [6.07, 6.45) is 11.0. The zero-order valence-corrected chi connectivity index (χ0v) is 12.3. The maximum Gasteiger partial charge on any atom is 0.0715 e. The van der Waals surface area contributed by atoms with Gasteiger partial charge in [-0.1, -0.05) is 39.0 Å². The van der Waals surface area contributed by atoms with Gasteiger partial charge in [0.2, 0.25) is 0 Å². The third kappa shape index (κ3) is 2.46. The molecule has 0 aliphatic heterocycles. The Hall–Kier alpha value is -0.0800. The number of hydrogen-bond donors (Lipinski definition) is 2. The highest BCUT2D eigenvalue weighted by atomic mass is 16.3. The highest BCUT2D eigenvalue weighted by Crippen LogP contribution is 2.51. The van der Waals surface area contributed by atoms with E-state index in [-0.39, 0.29) is 5.41 Å². The van der Waals surface area contributed by atoms with E-state index >= 15 is 0 Å². The molecular formula is C16H31NO. The first-order valence-electron chi connectivity index (χ1n) is 7.94. The van der Waals surface area contributed by atoms with Crippen LogP contribution >= 0.6 is 0 Å². The van der Waals surface area contributed by atoms with Gasteiger partial charge < -0.3 is 10.8 Å². The fourth-order valence-electron chi connectivity index (χ4n) is 4.33. The summed E-state index contributed by atoms with van der Waals surface area (Å²) in [7, 11) is 0. The molecule has 0 bridgehead atoms. The minimum Gasteiger partial charge on any atom is -0.389 e. The van der Waals surface area contributed by atoms with Crippen LogP contribution in [-0.4, -0.2) is 17.3 Å². The van der Waals surface area contributed by atoms with Crippen molar-refractivity contribution in [1.82, 2.24) is 0 Å². The van der Waals surface area contributed by atoms with Crippen molar-refractivity contribution in [1.29, 1.82) is 0 Å². The van der Waals surface area contributed by atoms with Gasteiger partial charge in [0.25, 0.3) is 0 Å². The van der Waals surface area contributed by atoms with Crippen LogP contribution in [0.2, 0.25) is 0 Å². The lowest BCUT2D eigenvalue weighted by Gasteiger charge is -2.53. The monoisotopic (exact) mass is 253 g/mol. The lowest BCUT2D eigenvalue weighted by Crippen LogP contribution is -2.56. The number of aliphatic hydroxyl groups is 1. The molecule has 2 aliphatic rings. The zero-order valence-electron chi connectivity index (χ0n) is 12.3. The Morgan fingerprint density at radius 1 is 1.11 bits per heavy atom. The summed E-state index contributed by atoms with van der Waals surface area (Å²) in [4.78, 5) is 0. The van der Waals surface area contributed by atoms with E-state index in [9.17, 15) is 5.11 Å². The van der Waals surface area contributed by atoms with Crippen LogP contribution in [0, 0.1) is 17.3 Å². The van der Waals surface area contributed by atoms with Crippen LogP contribution in [0.1, 0.15) is 71.6 Å². The molecule has 1 unspecified atom stereocenters. The first-order valence-corrected chi connectivity index (χ1v) is 7.94. The van der Waals surface area contributed by atoms with Gasteiger partial charge in [-0.3, -0.25) is 0 Å². The molecule has 0 amide bonds. The van der Waals surface area contributed by atoms with Gasteiger partial charge in [-0.05, 0) is 44.4 Å². The maximum absolute atomic E-state index is 11.2. The third-order valence-electron chi connectivity index (χ3n) is 6.10. The van der Waals surface area contributed by atoms with Crippen molar-refractivity contribution < 1.29 is 5.11 Å². The Labute approximate surface area is 112 Å². The largest absolute Gasteiger partial charge is 0.389 e. The molecule has 0 heterocycles. The molecule has 3 N–H and O–H groups in total. The molecule has 2 saturated carbocycles. The van der Waals surface area contributed by atoms with Crippen LogP contribution in [-0.2, 0) is 0 Å². The second-order valence-corrected chi connectivity index (χ2v) is 7.15. The molecule has 0 aromatic heterocycles. The molecule has 0 spiro atoms. The van der Waals surface area contributed by atoms with Gasteiger partial charge >= 0.3 is 0 Å². The lowest BCUT2D eigenvalue weighted by molar-refractivity contribution is -0.137. The first kappa shape index (κ1) is 14.3. The molecule has 2 heteroatoms. The summed E-state index contributed by atoms with van der Waals surface area (Å²) < 4.78 is 0. The molecule has 0 aromatic carbocycles. The van der Waals surface area contributed by atoms with E-state index in [1.54, 1.807) is 0 Å². The molecular weight excluding hydrogens is 222 g/mol. The fraction of sp³-hybridized carbons (Fsp3) is 1.00. The predicted molar refractivity (Wildman–Crippen MR) is 76.3 cm³/mol. The van der Waals surface area contributed by atoms with Crippen molar-refractivity contribution in [2.24, 2.45) is 23.0 Å². The highest BCUT2D eigenvalue weighted by molar-refractivity contribution is 5.03. The normalized spacial score (nSPS) is 38.3. The molecule has 2 fully saturated rings. The first-order chi connectivity index (χ1) is 8.52. The number of nitrogens with two attached hydrogens (primary N) is 1. The molecule has 106 valence electrons. The van der Waals surface area contributed by atoms with E-state index in [2.05, 4.69) is 13.8 Å². The molecule has 1 atom stereocenters. The smallest absolute Gasteiger partial charge is 0.0715 e. The highest BCUT2D eigenvalue weighted by Gasteiger charge is 2.51. The van der Waals surface area contributed by atoms with Crippen LogP contribution in [0.3, 0.4) is 0 Å². The topological polar surface area (TPSA) is 46.2 Å². The summed E-state index contributed by atoms with van der Waals surface area (Å²) in [6, 6.07) is 0. The van der Waals surface area contributed by atoms with E-state index in [1.807, 2.05) is 0 Å². The summed E-state index contributed by atoms with van der Waals surface area (Å²) >= 11 is 0. The summed E-state index contributed by atoms with van der Waals surface area (Å²) in [5.74, 6) is 1.29. The van der Waals surface area contributed by atoms with Crippen molar-refractivity contribution in [2.75, 3.05) is 6.54 Å². The van der Waals surface area contributed by atoms with E-state index in [1.165, 1.54) is 44.9 Å². The molecule has 0 saturated heterocycles. The van der Waals surface area contributed by atoms with Gasteiger partial charge in [-0.15, -0.1) is 0 Å². The van der Waals surface area contributed by atoms with E-state index in [0.29, 0.717) is 12.5 Å². The minimum absolute atomic E-state index is 0.0124. The van der Waals surface area contributed by atoms with Crippen molar-refractivity contribution in [3.63, 3.8) is 0 Å². The van der Waals surface area contributed by atoms with Crippen LogP contribution < -0.4 is 5.73 Å². The van der Waals surface area contributed by atoms with Crippen LogP contribution in [0.4, 0.5) is 0 Å². The SMILES string of the molecule is CC1CCC(CN)(C(C)(O)C2CCCCC2)CC1. The Morgan fingerprint density at radius 2 is 1.67 bits per heavy atom. The van der Waals surface area contributed by atoms with E-state index < -0.39 is 5.60 Å². The van der Waals surface area contributed by atoms with E-state index in [4.69, 9.17) is 5.73 Å². The Kier molecular flexibility index (Phi) is 4.38. The minimum atomic E-state index is -0.553. The van der Waals surface area contributed by atoms with Gasteiger partial charge in [0.15, 0.2) is 0 Å². The maximum atomic E-state index is 11.2. The third-order valence-corrected chi connectivity index (χ3v) is 6.10. The van der Waals surface area contributed by atoms with Gasteiger partial charge in [0, 0.05) is 12.0 Å². The quantitative estimate of drug-likeness (QED) is 0.809. The van der Waals surface area contributed by atoms with Crippen molar-refractivity contribution >= 4 is 0 Å². The number of hydrogen-bond acceptors (Lipinski definition) is 2. The Balaban J connectivity index is 2.13. The van der Waals surface area contributed by atoms with Crippen molar-refractivity contribution in [2.45, 2.75) is 77.2 Å². The van der Waals surface area contributed by atoms with Gasteiger partial charge in [-0.25, -0.2) is 0 Å². The van der Waals surface area contributed by atoms with Crippen LogP contribution in [0.25, 0.3) is 0 Å². The Bertz CT molecular complexity index is 260. The molecule has 0 aromatic rings. The molecule has 2 nitrogen and oxygen atoms in total. The average molecular weight is 253 g/mol. The fourth-order valence-corrected chi connectivity index (χ4v) is 4.33. The van der Waals surface area contributed by atoms with Crippen LogP contribution in [0.15, 0.2) is 0 Å². The number of rotatable bonds is 3. The second-order valence-electron chi connectivity index (χ2n) is 7.15. The second kappa shape index (κ2) is 5.50. The van der Waals surface area contributed by atoms with Crippen LogP contribution in [0.5, 0.6) is 0 Å². The standard InChI is InChI=1S/C16H31NO/c1-13-8-10-16(12-17,11-9-13)15(2,18)14-6-4-3-5-7-14/h13-14,18H,3-12,17H2,1-2H3. The summed E-state index contributed by atoms with van der Waals surface area (Å²) in [5.41, 5.74) is 5.55. The predicted octanol–water partition coefficient (Wildman–Crippen LogP) is 3.47. The van der Waals surface area contributed by atoms with Gasteiger partial charge in [0.05, 0.1) is 5.60 Å².